The maximum absolute atomic E-state index is 11.9. The third-order valence-corrected chi connectivity index (χ3v) is 3.16. The van der Waals surface area contributed by atoms with Crippen molar-refractivity contribution in [2.45, 2.75) is 0 Å². The second-order valence-corrected chi connectivity index (χ2v) is 4.75. The molecule has 0 aromatic heterocycles. The lowest BCUT2D eigenvalue weighted by Crippen LogP contribution is -2.25. The Bertz CT molecular complexity index is 756. The van der Waals surface area contributed by atoms with Gasteiger partial charge in [-0.25, -0.2) is 9.59 Å². The number of anilines is 1. The molecule has 2 N–H and O–H groups in total. The molecule has 2 aromatic rings. The Hall–Kier alpha value is -3.28. The smallest absolute Gasteiger partial charge is 0.339 e. The van der Waals surface area contributed by atoms with Gasteiger partial charge in [0.05, 0.1) is 25.5 Å². The molecule has 0 aliphatic heterocycles. The fourth-order valence-corrected chi connectivity index (χ4v) is 2.00. The van der Waals surface area contributed by atoms with Crippen LogP contribution >= 0.6 is 0 Å². The standard InChI is InChI=1S/C18H18N2O4/c1-23-14-7-5-6-13(12-14)10-11-19-18(22)20-16-9-4-3-8-15(16)17(21)24-2/h3-12H,1-2H3,(H2,19,20,22)/b11-10+. The molecular formula is C18H18N2O4. The number of benzene rings is 2. The van der Waals surface area contributed by atoms with E-state index in [4.69, 9.17) is 4.74 Å². The van der Waals surface area contributed by atoms with E-state index in [2.05, 4.69) is 15.4 Å². The van der Waals surface area contributed by atoms with Gasteiger partial charge in [-0.2, -0.15) is 0 Å². The number of urea groups is 1. The van der Waals surface area contributed by atoms with Gasteiger partial charge in [0.2, 0.25) is 0 Å². The molecule has 124 valence electrons. The highest BCUT2D eigenvalue weighted by Gasteiger charge is 2.12. The van der Waals surface area contributed by atoms with E-state index < -0.39 is 12.0 Å². The summed E-state index contributed by atoms with van der Waals surface area (Å²) >= 11 is 0. The molecule has 0 aliphatic carbocycles. The first-order valence-corrected chi connectivity index (χ1v) is 7.19. The number of rotatable bonds is 5. The van der Waals surface area contributed by atoms with Crippen LogP contribution in [0.4, 0.5) is 10.5 Å². The number of methoxy groups -OCH3 is 2. The lowest BCUT2D eigenvalue weighted by Gasteiger charge is -2.09. The number of para-hydroxylation sites is 1. The van der Waals surface area contributed by atoms with Gasteiger partial charge >= 0.3 is 12.0 Å². The summed E-state index contributed by atoms with van der Waals surface area (Å²) in [5, 5.41) is 5.19. The molecule has 0 aliphatic rings. The SMILES string of the molecule is COC(=O)c1ccccc1NC(=O)N/C=C/c1cccc(OC)c1. The van der Waals surface area contributed by atoms with Crippen LogP contribution in [0.25, 0.3) is 6.08 Å². The van der Waals surface area contributed by atoms with Crippen LogP contribution in [0.1, 0.15) is 15.9 Å². The molecule has 2 rings (SSSR count). The van der Waals surface area contributed by atoms with Crippen LogP contribution in [-0.2, 0) is 4.74 Å². The Balaban J connectivity index is 1.99. The van der Waals surface area contributed by atoms with Crippen molar-refractivity contribution in [2.24, 2.45) is 0 Å². The van der Waals surface area contributed by atoms with Crippen LogP contribution in [0.15, 0.2) is 54.7 Å². The molecular weight excluding hydrogens is 308 g/mol. The predicted octanol–water partition coefficient (Wildman–Crippen LogP) is 3.27. The average Bonchev–Trinajstić information content (AvgIpc) is 2.61. The first kappa shape index (κ1) is 17.1. The second-order valence-electron chi connectivity index (χ2n) is 4.75. The summed E-state index contributed by atoms with van der Waals surface area (Å²) < 4.78 is 9.81. The van der Waals surface area contributed by atoms with E-state index in [0.29, 0.717) is 5.69 Å². The number of nitrogens with one attached hydrogen (secondary N) is 2. The van der Waals surface area contributed by atoms with Crippen molar-refractivity contribution in [3.05, 3.63) is 65.9 Å². The molecule has 0 fully saturated rings. The monoisotopic (exact) mass is 326 g/mol. The number of esters is 1. The maximum atomic E-state index is 11.9. The molecule has 6 heteroatoms. The molecule has 2 amide bonds. The average molecular weight is 326 g/mol. The van der Waals surface area contributed by atoms with E-state index in [1.807, 2.05) is 24.3 Å². The lowest BCUT2D eigenvalue weighted by atomic mass is 10.2. The fraction of sp³-hybridized carbons (Fsp3) is 0.111. The molecule has 24 heavy (non-hydrogen) atoms. The molecule has 0 atom stereocenters. The summed E-state index contributed by atoms with van der Waals surface area (Å²) in [6, 6.07) is 13.5. The highest BCUT2D eigenvalue weighted by Crippen LogP contribution is 2.16. The molecule has 2 aromatic carbocycles. The molecule has 0 spiro atoms. The van der Waals surface area contributed by atoms with Gasteiger partial charge in [0.15, 0.2) is 0 Å². The van der Waals surface area contributed by atoms with Crippen molar-refractivity contribution < 1.29 is 19.1 Å². The van der Waals surface area contributed by atoms with Gasteiger partial charge in [0.25, 0.3) is 0 Å². The molecule has 0 radical (unpaired) electrons. The van der Waals surface area contributed by atoms with Gasteiger partial charge in [-0.05, 0) is 35.9 Å². The normalized spacial score (nSPS) is 10.2. The van der Waals surface area contributed by atoms with E-state index >= 15 is 0 Å². The number of carbonyl (C=O) groups is 2. The highest BCUT2D eigenvalue weighted by molar-refractivity contribution is 6.01. The summed E-state index contributed by atoms with van der Waals surface area (Å²) in [4.78, 5) is 23.6. The molecule has 6 nitrogen and oxygen atoms in total. The van der Waals surface area contributed by atoms with E-state index in [-0.39, 0.29) is 5.56 Å². The van der Waals surface area contributed by atoms with E-state index in [1.165, 1.54) is 13.3 Å². The molecule has 0 saturated heterocycles. The van der Waals surface area contributed by atoms with Gasteiger partial charge in [0, 0.05) is 6.20 Å². The van der Waals surface area contributed by atoms with Crippen LogP contribution in [0, 0.1) is 0 Å². The minimum atomic E-state index is -0.516. The van der Waals surface area contributed by atoms with Crippen molar-refractivity contribution in [2.75, 3.05) is 19.5 Å². The van der Waals surface area contributed by atoms with E-state index in [1.54, 1.807) is 37.5 Å². The minimum absolute atomic E-state index is 0.284. The zero-order valence-electron chi connectivity index (χ0n) is 13.4. The number of hydrogen-bond donors (Lipinski definition) is 2. The summed E-state index contributed by atoms with van der Waals surface area (Å²) in [7, 11) is 2.88. The summed E-state index contributed by atoms with van der Waals surface area (Å²) in [6.45, 7) is 0. The molecule has 0 saturated carbocycles. The maximum Gasteiger partial charge on any atom is 0.339 e. The van der Waals surface area contributed by atoms with Crippen LogP contribution in [-0.4, -0.2) is 26.2 Å². The Morgan fingerprint density at radius 2 is 1.83 bits per heavy atom. The number of amides is 2. The van der Waals surface area contributed by atoms with Gasteiger partial charge in [0.1, 0.15) is 5.75 Å². The third kappa shape index (κ3) is 4.61. The topological polar surface area (TPSA) is 76.7 Å². The van der Waals surface area contributed by atoms with Gasteiger partial charge in [-0.1, -0.05) is 24.3 Å². The number of ether oxygens (including phenoxy) is 2. The van der Waals surface area contributed by atoms with Crippen LogP contribution < -0.4 is 15.4 Å². The first-order chi connectivity index (χ1) is 11.6. The van der Waals surface area contributed by atoms with Crippen molar-refractivity contribution in [1.82, 2.24) is 5.32 Å². The number of carbonyl (C=O) groups excluding carboxylic acids is 2. The summed E-state index contributed by atoms with van der Waals surface area (Å²) in [5.74, 6) is 0.214. The summed E-state index contributed by atoms with van der Waals surface area (Å²) in [6.07, 6.45) is 3.24. The van der Waals surface area contributed by atoms with Gasteiger partial charge in [-0.15, -0.1) is 0 Å². The highest BCUT2D eigenvalue weighted by atomic mass is 16.5. The Labute approximate surface area is 140 Å². The Morgan fingerprint density at radius 3 is 2.58 bits per heavy atom. The van der Waals surface area contributed by atoms with Gasteiger partial charge in [-0.3, -0.25) is 0 Å². The Kier molecular flexibility index (Phi) is 5.96. The van der Waals surface area contributed by atoms with Crippen LogP contribution in [0.2, 0.25) is 0 Å². The summed E-state index contributed by atoms with van der Waals surface area (Å²) in [5.41, 5.74) is 1.54. The predicted molar refractivity (Wildman–Crippen MR) is 92.0 cm³/mol. The van der Waals surface area contributed by atoms with Crippen LogP contribution in [0.5, 0.6) is 5.75 Å². The van der Waals surface area contributed by atoms with E-state index in [9.17, 15) is 9.59 Å². The zero-order valence-corrected chi connectivity index (χ0v) is 13.4. The quantitative estimate of drug-likeness (QED) is 0.827. The van der Waals surface area contributed by atoms with Crippen LogP contribution in [0.3, 0.4) is 0 Å². The first-order valence-electron chi connectivity index (χ1n) is 7.19. The minimum Gasteiger partial charge on any atom is -0.497 e. The fourth-order valence-electron chi connectivity index (χ4n) is 2.00. The molecule has 0 unspecified atom stereocenters. The number of hydrogen-bond acceptors (Lipinski definition) is 4. The Morgan fingerprint density at radius 1 is 1.04 bits per heavy atom. The molecule has 0 bridgehead atoms. The largest absolute Gasteiger partial charge is 0.497 e. The van der Waals surface area contributed by atoms with Crippen molar-refractivity contribution in [3.8, 4) is 5.75 Å². The van der Waals surface area contributed by atoms with Crippen molar-refractivity contribution in [3.63, 3.8) is 0 Å². The zero-order chi connectivity index (χ0) is 17.4. The lowest BCUT2D eigenvalue weighted by molar-refractivity contribution is 0.0602. The van der Waals surface area contributed by atoms with E-state index in [0.717, 1.165) is 11.3 Å². The van der Waals surface area contributed by atoms with Crippen molar-refractivity contribution in [1.29, 1.82) is 0 Å². The third-order valence-electron chi connectivity index (χ3n) is 3.16. The van der Waals surface area contributed by atoms with Gasteiger partial charge < -0.3 is 20.1 Å². The van der Waals surface area contributed by atoms with Crippen molar-refractivity contribution >= 4 is 23.8 Å². The molecule has 0 heterocycles. The second kappa shape index (κ2) is 8.38.